The molecule has 1 saturated heterocycles. The maximum Gasteiger partial charge on any atom is 0.326 e. The molecule has 2 N–H and O–H groups in total. The lowest BCUT2D eigenvalue weighted by atomic mass is 9.96. The van der Waals surface area contributed by atoms with Crippen molar-refractivity contribution in [2.75, 3.05) is 19.7 Å². The molecule has 2 rings (SSSR count). The average molecular weight is 374 g/mol. The Hall–Kier alpha value is -2.83. The summed E-state index contributed by atoms with van der Waals surface area (Å²) < 4.78 is 5.48. The van der Waals surface area contributed by atoms with Gasteiger partial charge in [-0.05, 0) is 37.8 Å². The minimum absolute atomic E-state index is 0.0879. The van der Waals surface area contributed by atoms with Gasteiger partial charge < -0.3 is 20.1 Å². The standard InChI is InChI=1S/C20H26N2O5/c1-2-3-11-17(20(25)26)21-19(24)15-8-7-12-22(13-15)18(23)14-27-16-9-5-4-6-10-16/h2,4-6,9-10,15,17H,1,3,7-8,11-14H2,(H,21,24)(H,25,26). The number of ether oxygens (including phenoxy) is 1. The first-order chi connectivity index (χ1) is 13.0. The van der Waals surface area contributed by atoms with Crippen LogP contribution < -0.4 is 10.1 Å². The van der Waals surface area contributed by atoms with Crippen LogP contribution in [0, 0.1) is 5.92 Å². The number of carboxylic acids is 1. The Morgan fingerprint density at radius 2 is 2.07 bits per heavy atom. The number of aliphatic carboxylic acids is 1. The van der Waals surface area contributed by atoms with Gasteiger partial charge >= 0.3 is 5.97 Å². The number of rotatable bonds is 9. The first-order valence-electron chi connectivity index (χ1n) is 9.11. The summed E-state index contributed by atoms with van der Waals surface area (Å²) >= 11 is 0. The maximum atomic E-state index is 12.5. The van der Waals surface area contributed by atoms with E-state index in [4.69, 9.17) is 4.74 Å². The summed E-state index contributed by atoms with van der Waals surface area (Å²) in [5.41, 5.74) is 0. The Bertz CT molecular complexity index is 662. The summed E-state index contributed by atoms with van der Waals surface area (Å²) in [5.74, 6) is -1.37. The van der Waals surface area contributed by atoms with Gasteiger partial charge in [0, 0.05) is 13.1 Å². The Labute approximate surface area is 159 Å². The lowest BCUT2D eigenvalue weighted by molar-refractivity contribution is -0.144. The molecule has 2 unspecified atom stereocenters. The monoisotopic (exact) mass is 374 g/mol. The van der Waals surface area contributed by atoms with E-state index in [2.05, 4.69) is 11.9 Å². The van der Waals surface area contributed by atoms with Crippen molar-refractivity contribution in [1.82, 2.24) is 10.2 Å². The van der Waals surface area contributed by atoms with Crippen molar-refractivity contribution < 1.29 is 24.2 Å². The molecule has 1 aromatic carbocycles. The maximum absolute atomic E-state index is 12.5. The zero-order valence-corrected chi connectivity index (χ0v) is 15.3. The van der Waals surface area contributed by atoms with Gasteiger partial charge in [-0.25, -0.2) is 4.79 Å². The first kappa shape index (κ1) is 20.5. The minimum Gasteiger partial charge on any atom is -0.484 e. The predicted octanol–water partition coefficient (Wildman–Crippen LogP) is 1.84. The number of para-hydroxylation sites is 1. The van der Waals surface area contributed by atoms with E-state index < -0.39 is 17.9 Å². The molecule has 0 bridgehead atoms. The number of carbonyl (C=O) groups excluding carboxylic acids is 2. The molecule has 0 saturated carbocycles. The zero-order valence-electron chi connectivity index (χ0n) is 15.3. The van der Waals surface area contributed by atoms with Crippen molar-refractivity contribution in [1.29, 1.82) is 0 Å². The number of hydrogen-bond acceptors (Lipinski definition) is 4. The number of piperidine rings is 1. The second kappa shape index (κ2) is 10.4. The van der Waals surface area contributed by atoms with Crippen LogP contribution in [-0.2, 0) is 14.4 Å². The number of likely N-dealkylation sites (tertiary alicyclic amines) is 1. The summed E-state index contributed by atoms with van der Waals surface area (Å²) in [4.78, 5) is 37.7. The molecule has 1 heterocycles. The highest BCUT2D eigenvalue weighted by Gasteiger charge is 2.30. The number of carboxylic acid groups (broad SMARTS) is 1. The Kier molecular flexibility index (Phi) is 7.85. The normalized spacial score (nSPS) is 17.6. The van der Waals surface area contributed by atoms with Gasteiger partial charge in [-0.3, -0.25) is 9.59 Å². The predicted molar refractivity (Wildman–Crippen MR) is 100 cm³/mol. The van der Waals surface area contributed by atoms with E-state index in [0.717, 1.165) is 0 Å². The second-order valence-corrected chi connectivity index (χ2v) is 6.55. The van der Waals surface area contributed by atoms with Crippen LogP contribution in [0.25, 0.3) is 0 Å². The molecule has 146 valence electrons. The number of amides is 2. The average Bonchev–Trinajstić information content (AvgIpc) is 2.69. The molecule has 1 aliphatic rings. The van der Waals surface area contributed by atoms with Gasteiger partial charge in [0.15, 0.2) is 6.61 Å². The number of allylic oxidation sites excluding steroid dienone is 1. The second-order valence-electron chi connectivity index (χ2n) is 6.55. The van der Waals surface area contributed by atoms with E-state index in [1.54, 1.807) is 23.1 Å². The van der Waals surface area contributed by atoms with Gasteiger partial charge in [0.25, 0.3) is 5.91 Å². The van der Waals surface area contributed by atoms with Crippen LogP contribution in [0.15, 0.2) is 43.0 Å². The number of benzene rings is 1. The zero-order chi connectivity index (χ0) is 19.6. The van der Waals surface area contributed by atoms with Crippen LogP contribution in [0.4, 0.5) is 0 Å². The molecule has 7 heteroatoms. The van der Waals surface area contributed by atoms with Gasteiger partial charge in [0.2, 0.25) is 5.91 Å². The summed E-state index contributed by atoms with van der Waals surface area (Å²) in [7, 11) is 0. The smallest absolute Gasteiger partial charge is 0.326 e. The molecule has 0 spiro atoms. The van der Waals surface area contributed by atoms with Gasteiger partial charge in [-0.15, -0.1) is 6.58 Å². The summed E-state index contributed by atoms with van der Waals surface area (Å²) in [6, 6.07) is 8.12. The fourth-order valence-electron chi connectivity index (χ4n) is 3.00. The molecule has 7 nitrogen and oxygen atoms in total. The SMILES string of the molecule is C=CCCC(NC(=O)C1CCCN(C(=O)COc2ccccc2)C1)C(=O)O. The molecular weight excluding hydrogens is 348 g/mol. The van der Waals surface area contributed by atoms with Crippen molar-refractivity contribution in [3.8, 4) is 5.75 Å². The van der Waals surface area contributed by atoms with Crippen molar-refractivity contribution >= 4 is 17.8 Å². The van der Waals surface area contributed by atoms with E-state index in [1.165, 1.54) is 0 Å². The summed E-state index contributed by atoms with van der Waals surface area (Å²) in [6.45, 7) is 4.32. The highest BCUT2D eigenvalue weighted by atomic mass is 16.5. The fraction of sp³-hybridized carbons (Fsp3) is 0.450. The largest absolute Gasteiger partial charge is 0.484 e. The number of nitrogens with zero attached hydrogens (tertiary/aromatic N) is 1. The molecule has 1 aromatic rings. The molecule has 0 aromatic heterocycles. The molecule has 0 aliphatic carbocycles. The van der Waals surface area contributed by atoms with E-state index in [9.17, 15) is 19.5 Å². The lowest BCUT2D eigenvalue weighted by Crippen LogP contribution is -2.50. The van der Waals surface area contributed by atoms with E-state index in [-0.39, 0.29) is 25.0 Å². The highest BCUT2D eigenvalue weighted by Crippen LogP contribution is 2.18. The topological polar surface area (TPSA) is 95.9 Å². The van der Waals surface area contributed by atoms with Crippen LogP contribution in [0.3, 0.4) is 0 Å². The fourth-order valence-corrected chi connectivity index (χ4v) is 3.00. The molecule has 1 fully saturated rings. The number of hydrogen-bond donors (Lipinski definition) is 2. The third-order valence-electron chi connectivity index (χ3n) is 4.52. The van der Waals surface area contributed by atoms with Crippen LogP contribution >= 0.6 is 0 Å². The van der Waals surface area contributed by atoms with Gasteiger partial charge in [-0.1, -0.05) is 24.3 Å². The van der Waals surface area contributed by atoms with Gasteiger partial charge in [0.1, 0.15) is 11.8 Å². The molecule has 2 amide bonds. The van der Waals surface area contributed by atoms with Gasteiger partial charge in [-0.2, -0.15) is 0 Å². The third kappa shape index (κ3) is 6.44. The van der Waals surface area contributed by atoms with Crippen molar-refractivity contribution in [3.63, 3.8) is 0 Å². The summed E-state index contributed by atoms with van der Waals surface area (Å²) in [6.07, 6.45) is 3.74. The van der Waals surface area contributed by atoms with Crippen molar-refractivity contribution in [2.45, 2.75) is 31.7 Å². The van der Waals surface area contributed by atoms with Crippen molar-refractivity contribution in [3.05, 3.63) is 43.0 Å². The quantitative estimate of drug-likeness (QED) is 0.643. The number of nitrogens with one attached hydrogen (secondary N) is 1. The minimum atomic E-state index is -1.06. The lowest BCUT2D eigenvalue weighted by Gasteiger charge is -2.32. The first-order valence-corrected chi connectivity index (χ1v) is 9.11. The molecule has 2 atom stereocenters. The highest BCUT2D eigenvalue weighted by molar-refractivity contribution is 5.86. The van der Waals surface area contributed by atoms with Crippen molar-refractivity contribution in [2.24, 2.45) is 5.92 Å². The van der Waals surface area contributed by atoms with E-state index >= 15 is 0 Å². The van der Waals surface area contributed by atoms with Crippen LogP contribution in [0.5, 0.6) is 5.75 Å². The van der Waals surface area contributed by atoms with E-state index in [1.807, 2.05) is 18.2 Å². The van der Waals surface area contributed by atoms with Crippen LogP contribution in [0.1, 0.15) is 25.7 Å². The molecule has 0 radical (unpaired) electrons. The van der Waals surface area contributed by atoms with Crippen LogP contribution in [-0.4, -0.2) is 53.5 Å². The third-order valence-corrected chi connectivity index (χ3v) is 4.52. The molecule has 27 heavy (non-hydrogen) atoms. The molecule has 1 aliphatic heterocycles. The van der Waals surface area contributed by atoms with E-state index in [0.29, 0.717) is 38.0 Å². The van der Waals surface area contributed by atoms with Crippen LogP contribution in [0.2, 0.25) is 0 Å². The Morgan fingerprint density at radius 1 is 1.33 bits per heavy atom. The van der Waals surface area contributed by atoms with Gasteiger partial charge in [0.05, 0.1) is 5.92 Å². The number of carbonyl (C=O) groups is 3. The Morgan fingerprint density at radius 3 is 2.74 bits per heavy atom. The molecular formula is C20H26N2O5. The Balaban J connectivity index is 1.86. The summed E-state index contributed by atoms with van der Waals surface area (Å²) in [5, 5.41) is 11.8.